The van der Waals surface area contributed by atoms with Gasteiger partial charge in [-0.1, -0.05) is 26.7 Å². The molecule has 0 aliphatic rings. The summed E-state index contributed by atoms with van der Waals surface area (Å²) in [5.41, 5.74) is 0.760. The van der Waals surface area contributed by atoms with Gasteiger partial charge in [0, 0.05) is 6.42 Å². The molecule has 0 aromatic carbocycles. The molecule has 0 bridgehead atoms. The molecule has 1 atom stereocenters. The summed E-state index contributed by atoms with van der Waals surface area (Å²) in [4.78, 5) is 11.9. The van der Waals surface area contributed by atoms with Gasteiger partial charge >= 0.3 is 0 Å². The predicted octanol–water partition coefficient (Wildman–Crippen LogP) is 3.91. The zero-order valence-corrected chi connectivity index (χ0v) is 10.1. The number of Topliss-reactive ketones (excluding diaryl/α,β-unsaturated/α-hetero) is 1. The third kappa shape index (κ3) is 3.22. The van der Waals surface area contributed by atoms with E-state index < -0.39 is 0 Å². The van der Waals surface area contributed by atoms with Gasteiger partial charge in [0.25, 0.3) is 0 Å². The molecule has 1 aromatic rings. The molecule has 1 unspecified atom stereocenters. The van der Waals surface area contributed by atoms with Crippen molar-refractivity contribution in [1.82, 2.24) is 0 Å². The van der Waals surface area contributed by atoms with E-state index in [1.165, 1.54) is 0 Å². The van der Waals surface area contributed by atoms with Crippen LogP contribution in [0.3, 0.4) is 0 Å². The van der Waals surface area contributed by atoms with Crippen LogP contribution in [0.1, 0.15) is 55.0 Å². The Labute approximate surface area is 91.7 Å². The minimum atomic E-state index is 0.213. The van der Waals surface area contributed by atoms with Crippen molar-refractivity contribution in [3.05, 3.63) is 23.2 Å². The van der Waals surface area contributed by atoms with Crippen LogP contribution in [0.4, 0.5) is 0 Å². The summed E-state index contributed by atoms with van der Waals surface area (Å²) in [6.07, 6.45) is 2.88. The Hall–Kier alpha value is -1.05. The Morgan fingerprint density at radius 1 is 1.47 bits per heavy atom. The number of furan rings is 1. The molecule has 0 saturated heterocycles. The first-order valence-electron chi connectivity index (χ1n) is 5.64. The summed E-state index contributed by atoms with van der Waals surface area (Å²) < 4.78 is 5.36. The largest absolute Gasteiger partial charge is 0.466 e. The van der Waals surface area contributed by atoms with Crippen molar-refractivity contribution < 1.29 is 9.21 Å². The van der Waals surface area contributed by atoms with Gasteiger partial charge in [-0.25, -0.2) is 0 Å². The number of carbonyl (C=O) groups excluding carboxylic acids is 1. The van der Waals surface area contributed by atoms with E-state index in [9.17, 15) is 4.79 Å². The lowest BCUT2D eigenvalue weighted by Crippen LogP contribution is -2.06. The molecular formula is C13H20O2. The number of carbonyl (C=O) groups is 1. The number of rotatable bonds is 5. The second-order valence-electron chi connectivity index (χ2n) is 4.35. The molecular weight excluding hydrogens is 188 g/mol. The Morgan fingerprint density at radius 2 is 2.13 bits per heavy atom. The van der Waals surface area contributed by atoms with Crippen molar-refractivity contribution in [2.45, 2.75) is 47.0 Å². The first-order valence-corrected chi connectivity index (χ1v) is 5.64. The topological polar surface area (TPSA) is 30.2 Å². The minimum absolute atomic E-state index is 0.213. The average Bonchev–Trinajstić information content (AvgIpc) is 2.45. The first-order chi connectivity index (χ1) is 7.04. The molecule has 2 nitrogen and oxygen atoms in total. The Bertz CT molecular complexity index is 336. The molecule has 0 saturated carbocycles. The second kappa shape index (κ2) is 5.15. The van der Waals surface area contributed by atoms with Crippen molar-refractivity contribution >= 4 is 5.78 Å². The van der Waals surface area contributed by atoms with Crippen molar-refractivity contribution in [2.75, 3.05) is 0 Å². The van der Waals surface area contributed by atoms with Crippen LogP contribution >= 0.6 is 0 Å². The van der Waals surface area contributed by atoms with E-state index in [0.29, 0.717) is 12.3 Å². The van der Waals surface area contributed by atoms with Gasteiger partial charge in [0.2, 0.25) is 0 Å². The lowest BCUT2D eigenvalue weighted by Gasteiger charge is -2.07. The van der Waals surface area contributed by atoms with Crippen LogP contribution < -0.4 is 0 Å². The van der Waals surface area contributed by atoms with Gasteiger partial charge in [0.15, 0.2) is 5.78 Å². The monoisotopic (exact) mass is 208 g/mol. The van der Waals surface area contributed by atoms with Gasteiger partial charge in [-0.15, -0.1) is 0 Å². The van der Waals surface area contributed by atoms with E-state index in [2.05, 4.69) is 13.8 Å². The summed E-state index contributed by atoms with van der Waals surface area (Å²) in [6, 6.07) is 1.84. The summed E-state index contributed by atoms with van der Waals surface area (Å²) >= 11 is 0. The second-order valence-corrected chi connectivity index (χ2v) is 4.35. The van der Waals surface area contributed by atoms with Gasteiger partial charge in [-0.05, 0) is 25.8 Å². The van der Waals surface area contributed by atoms with E-state index in [1.807, 2.05) is 19.9 Å². The molecule has 0 amide bonds. The highest BCUT2D eigenvalue weighted by Gasteiger charge is 2.15. The average molecular weight is 208 g/mol. The SMILES string of the molecule is CCCC(C)CC(=O)c1cc(C)oc1C. The fourth-order valence-corrected chi connectivity index (χ4v) is 1.93. The summed E-state index contributed by atoms with van der Waals surface area (Å²) in [5.74, 6) is 2.25. The fraction of sp³-hybridized carbons (Fsp3) is 0.615. The number of hydrogen-bond donors (Lipinski definition) is 0. The highest BCUT2D eigenvalue weighted by Crippen LogP contribution is 2.19. The normalized spacial score (nSPS) is 12.8. The van der Waals surface area contributed by atoms with Crippen LogP contribution in [0.25, 0.3) is 0 Å². The number of hydrogen-bond acceptors (Lipinski definition) is 2. The standard InChI is InChI=1S/C13H20O2/c1-5-6-9(2)7-13(14)12-8-10(3)15-11(12)4/h8-9H,5-7H2,1-4H3. The first kappa shape index (κ1) is 12.0. The molecule has 0 aliphatic heterocycles. The van der Waals surface area contributed by atoms with Crippen LogP contribution in [0.5, 0.6) is 0 Å². The molecule has 1 heterocycles. The van der Waals surface area contributed by atoms with Gasteiger partial charge < -0.3 is 4.42 Å². The maximum absolute atomic E-state index is 11.9. The van der Waals surface area contributed by atoms with Crippen molar-refractivity contribution in [2.24, 2.45) is 5.92 Å². The van der Waals surface area contributed by atoms with Crippen molar-refractivity contribution in [1.29, 1.82) is 0 Å². The molecule has 0 fully saturated rings. The lowest BCUT2D eigenvalue weighted by molar-refractivity contribution is 0.0961. The molecule has 0 radical (unpaired) electrons. The molecule has 0 N–H and O–H groups in total. The Balaban J connectivity index is 2.65. The quantitative estimate of drug-likeness (QED) is 0.687. The van der Waals surface area contributed by atoms with Crippen LogP contribution in [-0.2, 0) is 0 Å². The molecule has 1 aromatic heterocycles. The Kier molecular flexibility index (Phi) is 4.13. The molecule has 0 spiro atoms. The summed E-state index contributed by atoms with van der Waals surface area (Å²) in [5, 5.41) is 0. The molecule has 1 rings (SSSR count). The van der Waals surface area contributed by atoms with Crippen LogP contribution in [0.15, 0.2) is 10.5 Å². The van der Waals surface area contributed by atoms with Gasteiger partial charge in [-0.2, -0.15) is 0 Å². The summed E-state index contributed by atoms with van der Waals surface area (Å²) in [7, 11) is 0. The van der Waals surface area contributed by atoms with Crippen molar-refractivity contribution in [3.63, 3.8) is 0 Å². The fourth-order valence-electron chi connectivity index (χ4n) is 1.93. The van der Waals surface area contributed by atoms with Crippen LogP contribution in [0.2, 0.25) is 0 Å². The molecule has 15 heavy (non-hydrogen) atoms. The molecule has 2 heteroatoms. The lowest BCUT2D eigenvalue weighted by atomic mass is 9.96. The number of aryl methyl sites for hydroxylation is 2. The third-order valence-corrected chi connectivity index (χ3v) is 2.66. The minimum Gasteiger partial charge on any atom is -0.466 e. The smallest absolute Gasteiger partial charge is 0.166 e. The van der Waals surface area contributed by atoms with Crippen LogP contribution in [-0.4, -0.2) is 5.78 Å². The van der Waals surface area contributed by atoms with Crippen molar-refractivity contribution in [3.8, 4) is 0 Å². The maximum Gasteiger partial charge on any atom is 0.166 e. The molecule has 84 valence electrons. The van der Waals surface area contributed by atoms with Crippen LogP contribution in [0, 0.1) is 19.8 Å². The van der Waals surface area contributed by atoms with E-state index in [0.717, 1.165) is 29.9 Å². The molecule has 0 aliphatic carbocycles. The zero-order chi connectivity index (χ0) is 11.4. The zero-order valence-electron chi connectivity index (χ0n) is 10.1. The van der Waals surface area contributed by atoms with Gasteiger partial charge in [0.05, 0.1) is 5.56 Å². The number of ketones is 1. The highest BCUT2D eigenvalue weighted by molar-refractivity contribution is 5.97. The summed E-state index contributed by atoms with van der Waals surface area (Å²) in [6.45, 7) is 8.00. The highest BCUT2D eigenvalue weighted by atomic mass is 16.3. The van der Waals surface area contributed by atoms with E-state index in [4.69, 9.17) is 4.42 Å². The maximum atomic E-state index is 11.9. The van der Waals surface area contributed by atoms with E-state index in [-0.39, 0.29) is 5.78 Å². The Morgan fingerprint density at radius 3 is 2.60 bits per heavy atom. The van der Waals surface area contributed by atoms with Gasteiger partial charge in [-0.3, -0.25) is 4.79 Å². The van der Waals surface area contributed by atoms with Gasteiger partial charge in [0.1, 0.15) is 11.5 Å². The van der Waals surface area contributed by atoms with E-state index >= 15 is 0 Å². The van der Waals surface area contributed by atoms with E-state index in [1.54, 1.807) is 0 Å². The third-order valence-electron chi connectivity index (χ3n) is 2.66. The predicted molar refractivity (Wildman–Crippen MR) is 61.2 cm³/mol.